The van der Waals surface area contributed by atoms with Crippen molar-refractivity contribution in [1.82, 2.24) is 4.90 Å². The molecule has 0 aromatic rings. The molecule has 0 aromatic carbocycles. The van der Waals surface area contributed by atoms with Crippen LogP contribution in [0.3, 0.4) is 0 Å². The summed E-state index contributed by atoms with van der Waals surface area (Å²) in [6.07, 6.45) is 8.78. The van der Waals surface area contributed by atoms with Gasteiger partial charge in [-0.1, -0.05) is 20.8 Å². The minimum Gasteiger partial charge on any atom is -0.393 e. The second-order valence-corrected chi connectivity index (χ2v) is 13.3. The van der Waals surface area contributed by atoms with Gasteiger partial charge in [-0.05, 0) is 111 Å². The van der Waals surface area contributed by atoms with Crippen molar-refractivity contribution in [3.8, 4) is 0 Å². The summed E-state index contributed by atoms with van der Waals surface area (Å²) in [6.45, 7) is 9.76. The van der Waals surface area contributed by atoms with Gasteiger partial charge < -0.3 is 15.3 Å². The lowest BCUT2D eigenvalue weighted by molar-refractivity contribution is -0.176. The predicted molar refractivity (Wildman–Crippen MR) is 121 cm³/mol. The Bertz CT molecular complexity index is 713. The normalized spacial score (nSPS) is 61.5. The number of hydrogen-bond acceptors (Lipinski definition) is 4. The number of aliphatic hydroxyl groups is 3. The standard InChI is InChI=1S/C27H45NO3/c1-15-4-5-24-16(2)18-7-9-27(31)20(19(18)14-28(24)13-15)11-21-22(27)12-25(30)23-10-17(29)6-8-26(21,23)3/h15-25,29-31H,4-14H2,1-3H3/t15-,16+,17+,18+,19+,20-,21-,22+,23+,24-,25-,26+,27-/m1/s1. The third kappa shape index (κ3) is 2.93. The number of hydrogen-bond donors (Lipinski definition) is 3. The maximum Gasteiger partial charge on any atom is 0.0711 e. The van der Waals surface area contributed by atoms with E-state index in [1.54, 1.807) is 0 Å². The highest BCUT2D eigenvalue weighted by Gasteiger charge is 2.67. The molecule has 0 spiro atoms. The molecule has 176 valence electrons. The van der Waals surface area contributed by atoms with Crippen molar-refractivity contribution in [2.24, 2.45) is 52.8 Å². The highest BCUT2D eigenvalue weighted by molar-refractivity contribution is 5.17. The summed E-state index contributed by atoms with van der Waals surface area (Å²) in [5.41, 5.74) is -0.503. The monoisotopic (exact) mass is 431 g/mol. The zero-order valence-corrected chi connectivity index (χ0v) is 19.9. The number of aliphatic hydroxyl groups excluding tert-OH is 2. The van der Waals surface area contributed by atoms with Gasteiger partial charge in [-0.15, -0.1) is 0 Å². The predicted octanol–water partition coefficient (Wildman–Crippen LogP) is 3.68. The van der Waals surface area contributed by atoms with Gasteiger partial charge in [-0.2, -0.15) is 0 Å². The summed E-state index contributed by atoms with van der Waals surface area (Å²) >= 11 is 0. The van der Waals surface area contributed by atoms with Gasteiger partial charge in [0, 0.05) is 19.1 Å². The molecule has 0 radical (unpaired) electrons. The van der Waals surface area contributed by atoms with E-state index >= 15 is 0 Å². The molecule has 6 aliphatic rings. The summed E-state index contributed by atoms with van der Waals surface area (Å²) in [5.74, 6) is 4.30. The van der Waals surface area contributed by atoms with Crippen LogP contribution in [0, 0.1) is 52.8 Å². The number of rotatable bonds is 0. The molecule has 31 heavy (non-hydrogen) atoms. The Morgan fingerprint density at radius 2 is 1.58 bits per heavy atom. The summed E-state index contributed by atoms with van der Waals surface area (Å²) in [5, 5.41) is 33.8. The molecule has 4 saturated carbocycles. The van der Waals surface area contributed by atoms with Crippen molar-refractivity contribution in [3.63, 3.8) is 0 Å². The maximum atomic E-state index is 12.3. The van der Waals surface area contributed by atoms with E-state index in [-0.39, 0.29) is 29.5 Å². The summed E-state index contributed by atoms with van der Waals surface area (Å²) in [4.78, 5) is 2.81. The van der Waals surface area contributed by atoms with Crippen molar-refractivity contribution in [2.75, 3.05) is 13.1 Å². The Morgan fingerprint density at radius 3 is 2.39 bits per heavy atom. The van der Waals surface area contributed by atoms with Crippen molar-refractivity contribution in [3.05, 3.63) is 0 Å². The minimum atomic E-state index is -0.579. The van der Waals surface area contributed by atoms with E-state index in [9.17, 15) is 15.3 Å². The topological polar surface area (TPSA) is 63.9 Å². The van der Waals surface area contributed by atoms with Crippen LogP contribution in [0.25, 0.3) is 0 Å². The fourth-order valence-electron chi connectivity index (χ4n) is 10.6. The first kappa shape index (κ1) is 21.4. The van der Waals surface area contributed by atoms with Crippen molar-refractivity contribution in [2.45, 2.75) is 102 Å². The van der Waals surface area contributed by atoms with E-state index in [2.05, 4.69) is 25.7 Å². The Hall–Kier alpha value is -0.160. The second kappa shape index (κ2) is 7.17. The molecule has 0 aromatic heterocycles. The van der Waals surface area contributed by atoms with Crippen molar-refractivity contribution in [1.29, 1.82) is 0 Å². The first-order valence-electron chi connectivity index (χ1n) is 13.5. The van der Waals surface area contributed by atoms with Gasteiger partial charge in [0.15, 0.2) is 0 Å². The molecule has 4 aliphatic carbocycles. The van der Waals surface area contributed by atoms with Crippen LogP contribution >= 0.6 is 0 Å². The summed E-state index contributed by atoms with van der Waals surface area (Å²) in [7, 11) is 0. The molecule has 2 heterocycles. The zero-order chi connectivity index (χ0) is 21.7. The average Bonchev–Trinajstić information content (AvgIpc) is 3.03. The van der Waals surface area contributed by atoms with Gasteiger partial charge in [0.2, 0.25) is 0 Å². The van der Waals surface area contributed by atoms with Crippen molar-refractivity contribution >= 4 is 0 Å². The van der Waals surface area contributed by atoms with Gasteiger partial charge in [0.1, 0.15) is 0 Å². The SMILES string of the molecule is C[C@@H]1CC[C@@H]2[C@@H](C)[C@@H]3CC[C@@]4(O)[C@H](C[C@@H]5[C@@H]4C[C@@H](O)[C@@H]4C[C@@H](O)CC[C@@]54C)[C@H]3CN2C1. The van der Waals surface area contributed by atoms with Crippen LogP contribution in [0.5, 0.6) is 0 Å². The van der Waals surface area contributed by atoms with E-state index in [1.807, 2.05) is 0 Å². The number of fused-ring (bicyclic) bond motifs is 8. The van der Waals surface area contributed by atoms with Crippen LogP contribution in [0.1, 0.15) is 78.6 Å². The highest BCUT2D eigenvalue weighted by Crippen LogP contribution is 2.68. The van der Waals surface area contributed by atoms with Crippen LogP contribution in [-0.2, 0) is 0 Å². The molecule has 2 aliphatic heterocycles. The maximum absolute atomic E-state index is 12.3. The quantitative estimate of drug-likeness (QED) is 0.547. The van der Waals surface area contributed by atoms with E-state index in [0.717, 1.165) is 62.3 Å². The molecule has 6 rings (SSSR count). The Balaban J connectivity index is 1.32. The van der Waals surface area contributed by atoms with Gasteiger partial charge in [0.05, 0.1) is 17.8 Å². The zero-order valence-electron chi connectivity index (χ0n) is 19.9. The van der Waals surface area contributed by atoms with Crippen LogP contribution < -0.4 is 0 Å². The van der Waals surface area contributed by atoms with E-state index in [1.165, 1.54) is 32.4 Å². The van der Waals surface area contributed by atoms with Crippen LogP contribution in [0.15, 0.2) is 0 Å². The third-order valence-electron chi connectivity index (χ3n) is 12.1. The molecule has 0 amide bonds. The first-order valence-corrected chi connectivity index (χ1v) is 13.5. The molecule has 0 unspecified atom stereocenters. The molecule has 4 nitrogen and oxygen atoms in total. The molecular formula is C27H45NO3. The average molecular weight is 432 g/mol. The molecule has 0 bridgehead atoms. The summed E-state index contributed by atoms with van der Waals surface area (Å²) in [6, 6.07) is 0.760. The summed E-state index contributed by atoms with van der Waals surface area (Å²) < 4.78 is 0. The lowest BCUT2D eigenvalue weighted by atomic mass is 9.50. The lowest BCUT2D eigenvalue weighted by Gasteiger charge is -2.59. The molecule has 13 atom stereocenters. The van der Waals surface area contributed by atoms with Gasteiger partial charge >= 0.3 is 0 Å². The van der Waals surface area contributed by atoms with Crippen LogP contribution in [0.2, 0.25) is 0 Å². The largest absolute Gasteiger partial charge is 0.393 e. The molecule has 6 fully saturated rings. The molecular weight excluding hydrogens is 386 g/mol. The second-order valence-electron chi connectivity index (χ2n) is 13.3. The van der Waals surface area contributed by atoms with Gasteiger partial charge in [0.25, 0.3) is 0 Å². The van der Waals surface area contributed by atoms with Gasteiger partial charge in [-0.25, -0.2) is 0 Å². The first-order chi connectivity index (χ1) is 14.7. The smallest absolute Gasteiger partial charge is 0.0711 e. The third-order valence-corrected chi connectivity index (χ3v) is 12.1. The number of nitrogens with zero attached hydrogens (tertiary/aromatic N) is 1. The fraction of sp³-hybridized carbons (Fsp3) is 1.00. The Morgan fingerprint density at radius 1 is 0.774 bits per heavy atom. The van der Waals surface area contributed by atoms with Crippen LogP contribution in [0.4, 0.5) is 0 Å². The lowest BCUT2D eigenvalue weighted by Crippen LogP contribution is -2.62. The molecule has 4 heteroatoms. The Labute approximate surface area is 188 Å². The van der Waals surface area contributed by atoms with E-state index < -0.39 is 5.60 Å². The van der Waals surface area contributed by atoms with E-state index in [0.29, 0.717) is 17.8 Å². The Kier molecular flexibility index (Phi) is 4.94. The van der Waals surface area contributed by atoms with E-state index in [4.69, 9.17) is 0 Å². The van der Waals surface area contributed by atoms with Crippen LogP contribution in [-0.4, -0.2) is 57.2 Å². The van der Waals surface area contributed by atoms with Crippen molar-refractivity contribution < 1.29 is 15.3 Å². The molecule has 2 saturated heterocycles. The number of piperidine rings is 2. The minimum absolute atomic E-state index is 0.0760. The highest BCUT2D eigenvalue weighted by atomic mass is 16.3. The van der Waals surface area contributed by atoms with Gasteiger partial charge in [-0.3, -0.25) is 4.90 Å². The fourth-order valence-corrected chi connectivity index (χ4v) is 10.6. The molecule has 3 N–H and O–H groups in total.